The number of carboxylic acids is 1. The number of quaternary nitrogens is 1. The Morgan fingerprint density at radius 1 is 0.313 bits per heavy atom. The van der Waals surface area contributed by atoms with E-state index in [1.165, 1.54) is 334 Å². The van der Waals surface area contributed by atoms with E-state index in [0.717, 1.165) is 38.5 Å². The molecule has 9 nitrogen and oxygen atoms in total. The van der Waals surface area contributed by atoms with Crippen molar-refractivity contribution in [2.24, 2.45) is 0 Å². The van der Waals surface area contributed by atoms with Crippen LogP contribution in [0, 0.1) is 0 Å². The summed E-state index contributed by atoms with van der Waals surface area (Å²) in [5.41, 5.74) is 0. The summed E-state index contributed by atoms with van der Waals surface area (Å²) in [5.74, 6) is -2.25. The summed E-state index contributed by atoms with van der Waals surface area (Å²) in [6.07, 6.45) is 76.6. The van der Waals surface area contributed by atoms with E-state index >= 15 is 0 Å². The maximum atomic E-state index is 12.9. The lowest BCUT2D eigenvalue weighted by atomic mass is 10.0. The molecule has 494 valence electrons. The summed E-state index contributed by atoms with van der Waals surface area (Å²) in [5, 5.41) is 11.8. The van der Waals surface area contributed by atoms with Gasteiger partial charge in [0.05, 0.1) is 40.3 Å². The highest BCUT2D eigenvalue weighted by molar-refractivity contribution is 5.70. The third kappa shape index (κ3) is 67.7. The van der Waals surface area contributed by atoms with Crippen LogP contribution in [0.1, 0.15) is 399 Å². The average molecular weight is 1180 g/mol. The van der Waals surface area contributed by atoms with E-state index in [2.05, 4.69) is 13.8 Å². The van der Waals surface area contributed by atoms with Crippen LogP contribution in [0.15, 0.2) is 0 Å². The first-order valence-corrected chi connectivity index (χ1v) is 37.2. The fraction of sp³-hybridized carbons (Fsp3) is 0.959. The maximum Gasteiger partial charge on any atom is 0.306 e. The van der Waals surface area contributed by atoms with Crippen LogP contribution in [-0.4, -0.2) is 82.3 Å². The van der Waals surface area contributed by atoms with Crippen molar-refractivity contribution in [1.29, 1.82) is 0 Å². The van der Waals surface area contributed by atoms with Crippen molar-refractivity contribution in [3.63, 3.8) is 0 Å². The van der Waals surface area contributed by atoms with Crippen LogP contribution in [0.2, 0.25) is 0 Å². The predicted octanol–water partition coefficient (Wildman–Crippen LogP) is 21.7. The minimum atomic E-state index is -1.62. The molecule has 0 saturated heterocycles. The number of unbranched alkanes of at least 4 members (excludes halogenated alkanes) is 56. The van der Waals surface area contributed by atoms with E-state index in [1.807, 2.05) is 21.1 Å². The second-order valence-corrected chi connectivity index (χ2v) is 27.0. The molecular formula is C74H145NO8. The van der Waals surface area contributed by atoms with Crippen LogP contribution in [0.4, 0.5) is 0 Å². The number of likely N-dealkylation sites (N-methyl/N-ethyl adjacent to an activating group) is 1. The highest BCUT2D eigenvalue weighted by Gasteiger charge is 2.22. The molecule has 0 heterocycles. The van der Waals surface area contributed by atoms with Crippen LogP contribution in [0.5, 0.6) is 0 Å². The summed E-state index contributed by atoms with van der Waals surface area (Å²) in [6.45, 7) is 4.84. The first kappa shape index (κ1) is 81.3. The third-order valence-electron chi connectivity index (χ3n) is 17.4. The van der Waals surface area contributed by atoms with E-state index in [-0.39, 0.29) is 32.2 Å². The van der Waals surface area contributed by atoms with Gasteiger partial charge in [0.2, 0.25) is 0 Å². The van der Waals surface area contributed by atoms with Gasteiger partial charge in [-0.05, 0) is 12.8 Å². The monoisotopic (exact) mass is 1180 g/mol. The fourth-order valence-electron chi connectivity index (χ4n) is 11.7. The average Bonchev–Trinajstić information content (AvgIpc) is 3.46. The largest absolute Gasteiger partial charge is 0.545 e. The van der Waals surface area contributed by atoms with E-state index in [9.17, 15) is 19.5 Å². The number of carboxylic acid groups (broad SMARTS) is 1. The second kappa shape index (κ2) is 66.2. The van der Waals surface area contributed by atoms with Gasteiger partial charge in [0.1, 0.15) is 13.2 Å². The number of aliphatic carboxylic acids is 1. The quantitative estimate of drug-likeness (QED) is 0.0256. The van der Waals surface area contributed by atoms with E-state index in [1.54, 1.807) is 0 Å². The lowest BCUT2D eigenvalue weighted by Gasteiger charge is -2.26. The Balaban J connectivity index is 3.87. The Hall–Kier alpha value is -1.71. The molecule has 0 aliphatic carbocycles. The van der Waals surface area contributed by atoms with E-state index < -0.39 is 24.3 Å². The van der Waals surface area contributed by atoms with E-state index in [0.29, 0.717) is 17.4 Å². The van der Waals surface area contributed by atoms with Gasteiger partial charge in [0.25, 0.3) is 0 Å². The number of hydrogen-bond donors (Lipinski definition) is 0. The Morgan fingerprint density at radius 3 is 0.771 bits per heavy atom. The maximum absolute atomic E-state index is 12.9. The smallest absolute Gasteiger partial charge is 0.306 e. The van der Waals surface area contributed by atoms with Gasteiger partial charge in [-0.1, -0.05) is 373 Å². The third-order valence-corrected chi connectivity index (χ3v) is 17.4. The van der Waals surface area contributed by atoms with Gasteiger partial charge in [-0.15, -0.1) is 0 Å². The molecule has 83 heavy (non-hydrogen) atoms. The van der Waals surface area contributed by atoms with Crippen LogP contribution in [0.3, 0.4) is 0 Å². The van der Waals surface area contributed by atoms with Crippen LogP contribution in [0.25, 0.3) is 0 Å². The first-order chi connectivity index (χ1) is 40.6. The van der Waals surface area contributed by atoms with Gasteiger partial charge in [-0.3, -0.25) is 9.59 Å². The molecule has 0 aromatic carbocycles. The summed E-state index contributed by atoms with van der Waals surface area (Å²) >= 11 is 0. The number of carbonyl (C=O) groups is 3. The highest BCUT2D eigenvalue weighted by atomic mass is 16.7. The van der Waals surface area contributed by atoms with Crippen molar-refractivity contribution in [3.8, 4) is 0 Å². The number of esters is 2. The normalized spacial score (nSPS) is 12.5. The zero-order valence-corrected chi connectivity index (χ0v) is 56.6. The summed E-state index contributed by atoms with van der Waals surface area (Å²) in [6, 6.07) is 0. The second-order valence-electron chi connectivity index (χ2n) is 27.0. The molecule has 0 aromatic rings. The SMILES string of the molecule is CCCCCCCCCCCCCCCCCCCCCCCCCCCCCCCCCCCCCCCCCCCC(=O)OC(COC(=O)CCCCCCCCCCCCCCCCCCC)COC(OCC[N+](C)(C)C)C(=O)[O-]. The van der Waals surface area contributed by atoms with Gasteiger partial charge in [0, 0.05) is 12.8 Å². The van der Waals surface area contributed by atoms with Crippen molar-refractivity contribution in [1.82, 2.24) is 0 Å². The van der Waals surface area contributed by atoms with Gasteiger partial charge in [-0.2, -0.15) is 0 Å². The molecule has 0 fully saturated rings. The Kier molecular flexibility index (Phi) is 64.9. The molecule has 0 aromatic heterocycles. The fourth-order valence-corrected chi connectivity index (χ4v) is 11.7. The topological polar surface area (TPSA) is 111 Å². The molecule has 0 radical (unpaired) electrons. The molecule has 2 unspecified atom stereocenters. The number of ether oxygens (including phenoxy) is 4. The van der Waals surface area contributed by atoms with Crippen molar-refractivity contribution in [3.05, 3.63) is 0 Å². The number of hydrogen-bond acceptors (Lipinski definition) is 8. The summed E-state index contributed by atoms with van der Waals surface area (Å²) in [4.78, 5) is 37.4. The molecule has 2 atom stereocenters. The number of nitrogens with zero attached hydrogens (tertiary/aromatic N) is 1. The molecule has 0 bridgehead atoms. The van der Waals surface area contributed by atoms with Crippen molar-refractivity contribution < 1.29 is 42.9 Å². The molecule has 0 saturated carbocycles. The van der Waals surface area contributed by atoms with Crippen LogP contribution in [-0.2, 0) is 33.3 Å². The number of carbonyl (C=O) groups excluding carboxylic acids is 3. The molecule has 0 aliphatic heterocycles. The van der Waals surface area contributed by atoms with Gasteiger partial charge < -0.3 is 33.3 Å². The number of rotatable bonds is 71. The lowest BCUT2D eigenvalue weighted by Crippen LogP contribution is -2.44. The van der Waals surface area contributed by atoms with E-state index in [4.69, 9.17) is 18.9 Å². The minimum absolute atomic E-state index is 0.154. The summed E-state index contributed by atoms with van der Waals surface area (Å²) in [7, 11) is 5.95. The predicted molar refractivity (Wildman–Crippen MR) is 353 cm³/mol. The molecule has 0 rings (SSSR count). The van der Waals surface area contributed by atoms with Crippen molar-refractivity contribution >= 4 is 17.9 Å². The zero-order valence-electron chi connectivity index (χ0n) is 56.6. The highest BCUT2D eigenvalue weighted by Crippen LogP contribution is 2.20. The molecular weight excluding hydrogens is 1030 g/mol. The minimum Gasteiger partial charge on any atom is -0.545 e. The zero-order chi connectivity index (χ0) is 60.5. The summed E-state index contributed by atoms with van der Waals surface area (Å²) < 4.78 is 22.8. The van der Waals surface area contributed by atoms with Crippen LogP contribution < -0.4 is 5.11 Å². The Labute approximate surface area is 517 Å². The molecule has 0 spiro atoms. The first-order valence-electron chi connectivity index (χ1n) is 37.2. The van der Waals surface area contributed by atoms with Gasteiger partial charge in [-0.25, -0.2) is 0 Å². The van der Waals surface area contributed by atoms with Crippen molar-refractivity contribution in [2.75, 3.05) is 47.5 Å². The standard InChI is InChI=1S/C74H145NO8/c1-6-8-10-12-14-16-18-20-22-24-25-26-27-28-29-30-31-32-33-34-35-36-37-38-39-40-41-42-43-44-45-46-47-49-51-53-55-57-59-61-63-65-72(77)83-70(69-82-74(73(78)79)80-67-66-75(3,4)5)68-81-71(76)64-62-60-58-56-54-52-50-48-23-21-19-17-15-13-11-9-7-2/h70,74H,6-69H2,1-5H3. The van der Waals surface area contributed by atoms with Gasteiger partial charge >= 0.3 is 11.9 Å². The lowest BCUT2D eigenvalue weighted by molar-refractivity contribution is -0.870. The molecule has 0 N–H and O–H groups in total. The van der Waals surface area contributed by atoms with Crippen molar-refractivity contribution in [2.45, 2.75) is 411 Å². The van der Waals surface area contributed by atoms with Gasteiger partial charge in [0.15, 0.2) is 12.4 Å². The Bertz CT molecular complexity index is 1320. The van der Waals surface area contributed by atoms with Crippen LogP contribution >= 0.6 is 0 Å². The molecule has 9 heteroatoms. The Morgan fingerprint density at radius 2 is 0.542 bits per heavy atom. The molecule has 0 amide bonds. The molecule has 0 aliphatic rings.